The summed E-state index contributed by atoms with van der Waals surface area (Å²) < 4.78 is 24.5. The minimum absolute atomic E-state index is 0.0315. The molecule has 2 aromatic carbocycles. The molecule has 0 aliphatic carbocycles. The third kappa shape index (κ3) is 4.68. The highest BCUT2D eigenvalue weighted by atomic mass is 32.2. The molecule has 0 aliphatic heterocycles. The van der Waals surface area contributed by atoms with Gasteiger partial charge in [0.2, 0.25) is 5.91 Å². The predicted octanol–water partition coefficient (Wildman–Crippen LogP) is 3.80. The maximum absolute atomic E-state index is 12.3. The molecular formula is C19H23NO3S. The Balaban J connectivity index is 1.90. The molecule has 0 bridgehead atoms. The summed E-state index contributed by atoms with van der Waals surface area (Å²) in [7, 11) is -3.34. The van der Waals surface area contributed by atoms with Crippen LogP contribution in [0.4, 0.5) is 5.69 Å². The molecule has 0 saturated heterocycles. The minimum atomic E-state index is -3.34. The SMILES string of the molecule is Cc1ccc(S(=O)(=O)CCCC(=O)Nc2cccc(C)c2C)cc1. The Morgan fingerprint density at radius 3 is 2.33 bits per heavy atom. The molecule has 2 aromatic rings. The minimum Gasteiger partial charge on any atom is -0.326 e. The molecule has 0 spiro atoms. The highest BCUT2D eigenvalue weighted by Gasteiger charge is 2.15. The zero-order chi connectivity index (χ0) is 17.7. The van der Waals surface area contributed by atoms with E-state index in [9.17, 15) is 13.2 Å². The number of aryl methyl sites for hydroxylation is 2. The molecule has 128 valence electrons. The number of rotatable bonds is 6. The van der Waals surface area contributed by atoms with Crippen LogP contribution in [0.25, 0.3) is 0 Å². The van der Waals surface area contributed by atoms with E-state index >= 15 is 0 Å². The lowest BCUT2D eigenvalue weighted by atomic mass is 10.1. The fraction of sp³-hybridized carbons (Fsp3) is 0.316. The first-order valence-electron chi connectivity index (χ1n) is 7.95. The number of hydrogen-bond donors (Lipinski definition) is 1. The van der Waals surface area contributed by atoms with Crippen LogP contribution in [0.2, 0.25) is 0 Å². The smallest absolute Gasteiger partial charge is 0.224 e. The standard InChI is InChI=1S/C19H23NO3S/c1-14-9-11-17(12-10-14)24(22,23)13-5-8-19(21)20-18-7-4-6-15(2)16(18)3/h4,6-7,9-12H,5,8,13H2,1-3H3,(H,20,21). The average Bonchev–Trinajstić information content (AvgIpc) is 2.52. The average molecular weight is 345 g/mol. The summed E-state index contributed by atoms with van der Waals surface area (Å²) in [6.07, 6.45) is 0.478. The number of nitrogens with one attached hydrogen (secondary N) is 1. The first-order chi connectivity index (χ1) is 11.3. The normalized spacial score (nSPS) is 11.3. The Bertz CT molecular complexity index is 824. The second kappa shape index (κ2) is 7.62. The van der Waals surface area contributed by atoms with Gasteiger partial charge in [0.15, 0.2) is 9.84 Å². The van der Waals surface area contributed by atoms with Crippen molar-refractivity contribution in [3.05, 3.63) is 59.2 Å². The van der Waals surface area contributed by atoms with E-state index in [1.165, 1.54) is 0 Å². The van der Waals surface area contributed by atoms with Gasteiger partial charge < -0.3 is 5.32 Å². The van der Waals surface area contributed by atoms with E-state index < -0.39 is 9.84 Å². The largest absolute Gasteiger partial charge is 0.326 e. The number of amides is 1. The summed E-state index contributed by atoms with van der Waals surface area (Å²) in [4.78, 5) is 12.3. The molecule has 2 rings (SSSR count). The number of benzene rings is 2. The van der Waals surface area contributed by atoms with E-state index in [0.29, 0.717) is 11.3 Å². The third-order valence-electron chi connectivity index (χ3n) is 4.08. The molecule has 1 N–H and O–H groups in total. The molecule has 0 atom stereocenters. The quantitative estimate of drug-likeness (QED) is 0.866. The van der Waals surface area contributed by atoms with E-state index in [-0.39, 0.29) is 18.1 Å². The topological polar surface area (TPSA) is 63.2 Å². The monoisotopic (exact) mass is 345 g/mol. The van der Waals surface area contributed by atoms with Crippen LogP contribution in [0.15, 0.2) is 47.4 Å². The van der Waals surface area contributed by atoms with Gasteiger partial charge in [0.25, 0.3) is 0 Å². The van der Waals surface area contributed by atoms with Gasteiger partial charge in [-0.25, -0.2) is 8.42 Å². The van der Waals surface area contributed by atoms with E-state index in [0.717, 1.165) is 22.4 Å². The van der Waals surface area contributed by atoms with Crippen molar-refractivity contribution in [2.75, 3.05) is 11.1 Å². The van der Waals surface area contributed by atoms with Crippen LogP contribution >= 0.6 is 0 Å². The molecule has 4 nitrogen and oxygen atoms in total. The first-order valence-corrected chi connectivity index (χ1v) is 9.60. The zero-order valence-corrected chi connectivity index (χ0v) is 15.1. The summed E-state index contributed by atoms with van der Waals surface area (Å²) in [5, 5.41) is 2.85. The molecule has 1 amide bonds. The summed E-state index contributed by atoms with van der Waals surface area (Å²) >= 11 is 0. The molecule has 0 saturated carbocycles. The lowest BCUT2D eigenvalue weighted by Gasteiger charge is -2.10. The van der Waals surface area contributed by atoms with E-state index in [1.54, 1.807) is 24.3 Å². The molecule has 0 aliphatic rings. The highest BCUT2D eigenvalue weighted by molar-refractivity contribution is 7.91. The first kappa shape index (κ1) is 18.2. The predicted molar refractivity (Wildman–Crippen MR) is 97.0 cm³/mol. The maximum atomic E-state index is 12.3. The van der Waals surface area contributed by atoms with Crippen LogP contribution in [0.1, 0.15) is 29.5 Å². The molecule has 0 radical (unpaired) electrons. The Morgan fingerprint density at radius 2 is 1.67 bits per heavy atom. The lowest BCUT2D eigenvalue weighted by molar-refractivity contribution is -0.116. The molecule has 0 unspecified atom stereocenters. The number of hydrogen-bond acceptors (Lipinski definition) is 3. The Hall–Kier alpha value is -2.14. The van der Waals surface area contributed by atoms with Crippen LogP contribution in [-0.4, -0.2) is 20.1 Å². The van der Waals surface area contributed by atoms with Crippen molar-refractivity contribution in [3.8, 4) is 0 Å². The van der Waals surface area contributed by atoms with E-state index in [2.05, 4.69) is 5.32 Å². The summed E-state index contributed by atoms with van der Waals surface area (Å²) in [5.74, 6) is -0.196. The fourth-order valence-electron chi connectivity index (χ4n) is 2.39. The second-order valence-corrected chi connectivity index (χ2v) is 8.14. The van der Waals surface area contributed by atoms with Gasteiger partial charge >= 0.3 is 0 Å². The van der Waals surface area contributed by atoms with Gasteiger partial charge in [0.1, 0.15) is 0 Å². The van der Waals surface area contributed by atoms with Gasteiger partial charge in [0.05, 0.1) is 10.6 Å². The van der Waals surface area contributed by atoms with Gasteiger partial charge in [-0.05, 0) is 56.5 Å². The molecule has 24 heavy (non-hydrogen) atoms. The van der Waals surface area contributed by atoms with Crippen LogP contribution in [0.3, 0.4) is 0 Å². The Labute approximate surface area is 143 Å². The second-order valence-electron chi connectivity index (χ2n) is 6.03. The van der Waals surface area contributed by atoms with E-state index in [1.807, 2.05) is 39.0 Å². The van der Waals surface area contributed by atoms with Crippen molar-refractivity contribution in [2.45, 2.75) is 38.5 Å². The number of sulfone groups is 1. The zero-order valence-electron chi connectivity index (χ0n) is 14.3. The van der Waals surface area contributed by atoms with Gasteiger partial charge in [-0.3, -0.25) is 4.79 Å². The summed E-state index contributed by atoms with van der Waals surface area (Å²) in [6.45, 7) is 5.85. The van der Waals surface area contributed by atoms with Crippen molar-refractivity contribution < 1.29 is 13.2 Å². The number of carbonyl (C=O) groups excluding carboxylic acids is 1. The van der Waals surface area contributed by atoms with Gasteiger partial charge in [-0.1, -0.05) is 29.8 Å². The van der Waals surface area contributed by atoms with Crippen LogP contribution in [0, 0.1) is 20.8 Å². The van der Waals surface area contributed by atoms with Crippen molar-refractivity contribution >= 4 is 21.4 Å². The number of anilines is 1. The van der Waals surface area contributed by atoms with Gasteiger partial charge in [0, 0.05) is 12.1 Å². The Kier molecular flexibility index (Phi) is 5.78. The summed E-state index contributed by atoms with van der Waals surface area (Å²) in [6, 6.07) is 12.5. The van der Waals surface area contributed by atoms with E-state index in [4.69, 9.17) is 0 Å². The van der Waals surface area contributed by atoms with Crippen molar-refractivity contribution in [2.24, 2.45) is 0 Å². The van der Waals surface area contributed by atoms with Gasteiger partial charge in [-0.2, -0.15) is 0 Å². The fourth-order valence-corrected chi connectivity index (χ4v) is 3.70. The van der Waals surface area contributed by atoms with Gasteiger partial charge in [-0.15, -0.1) is 0 Å². The van der Waals surface area contributed by atoms with Crippen LogP contribution in [-0.2, 0) is 14.6 Å². The van der Waals surface area contributed by atoms with Crippen molar-refractivity contribution in [1.29, 1.82) is 0 Å². The molecule has 5 heteroatoms. The molecule has 0 aromatic heterocycles. The third-order valence-corrected chi connectivity index (χ3v) is 5.89. The van der Waals surface area contributed by atoms with Crippen molar-refractivity contribution in [3.63, 3.8) is 0 Å². The number of carbonyl (C=O) groups is 1. The Morgan fingerprint density at radius 1 is 1.00 bits per heavy atom. The van der Waals surface area contributed by atoms with Crippen LogP contribution in [0.5, 0.6) is 0 Å². The lowest BCUT2D eigenvalue weighted by Crippen LogP contribution is -2.15. The maximum Gasteiger partial charge on any atom is 0.224 e. The van der Waals surface area contributed by atoms with Crippen LogP contribution < -0.4 is 5.32 Å². The molecule has 0 fully saturated rings. The molecular weight excluding hydrogens is 322 g/mol. The molecule has 0 heterocycles. The summed E-state index contributed by atoms with van der Waals surface area (Å²) in [5.41, 5.74) is 3.93. The highest BCUT2D eigenvalue weighted by Crippen LogP contribution is 2.19. The van der Waals surface area contributed by atoms with Crippen molar-refractivity contribution in [1.82, 2.24) is 0 Å².